The van der Waals surface area contributed by atoms with Gasteiger partial charge in [0.25, 0.3) is 5.24 Å². The Bertz CT molecular complexity index is 557. The molecule has 19 heavy (non-hydrogen) atoms. The normalized spacial score (nSPS) is 18.3. The zero-order valence-electron chi connectivity index (χ0n) is 10.0. The zero-order valence-corrected chi connectivity index (χ0v) is 10.8. The van der Waals surface area contributed by atoms with Crippen molar-refractivity contribution in [2.45, 2.75) is 11.7 Å². The van der Waals surface area contributed by atoms with Crippen molar-refractivity contribution >= 4 is 28.9 Å². The predicted molar refractivity (Wildman–Crippen MR) is 68.1 cm³/mol. The lowest BCUT2D eigenvalue weighted by Gasteiger charge is -2.08. The number of phenolic OH excluding ortho intramolecular Hbond substituents is 1. The van der Waals surface area contributed by atoms with Crippen molar-refractivity contribution in [3.05, 3.63) is 29.3 Å². The molecule has 1 aromatic carbocycles. The molecule has 100 valence electrons. The standard InChI is InChI=1S/C12H11NO5S/c1-18-11(16)7-4-6(2-3-8(7)14)5-9-10(15)13-12(17)19-9/h2-4,9,14H,5H2,1H3,(H,13,15,17). The highest BCUT2D eigenvalue weighted by Crippen LogP contribution is 2.25. The molecule has 0 aromatic heterocycles. The van der Waals surface area contributed by atoms with Crippen molar-refractivity contribution in [1.82, 2.24) is 5.32 Å². The number of amides is 2. The van der Waals surface area contributed by atoms with Crippen LogP contribution in [0, 0.1) is 0 Å². The lowest BCUT2D eigenvalue weighted by Crippen LogP contribution is -2.25. The molecule has 0 bridgehead atoms. The SMILES string of the molecule is COC(=O)c1cc(CC2SC(=O)NC2=O)ccc1O. The summed E-state index contributed by atoms with van der Waals surface area (Å²) in [5.74, 6) is -1.18. The number of carbonyl (C=O) groups excluding carboxylic acids is 3. The number of methoxy groups -OCH3 is 1. The van der Waals surface area contributed by atoms with Crippen molar-refractivity contribution < 1.29 is 24.2 Å². The van der Waals surface area contributed by atoms with Gasteiger partial charge in [0.05, 0.1) is 12.4 Å². The Balaban J connectivity index is 2.20. The molecule has 1 heterocycles. The number of hydrogen-bond acceptors (Lipinski definition) is 6. The highest BCUT2D eigenvalue weighted by atomic mass is 32.2. The van der Waals surface area contributed by atoms with Gasteiger partial charge in [0.1, 0.15) is 11.3 Å². The van der Waals surface area contributed by atoms with Crippen LogP contribution < -0.4 is 5.32 Å². The van der Waals surface area contributed by atoms with E-state index >= 15 is 0 Å². The molecule has 0 aliphatic carbocycles. The molecule has 0 radical (unpaired) electrons. The Morgan fingerprint density at radius 3 is 2.79 bits per heavy atom. The molecule has 1 fully saturated rings. The third-order valence-corrected chi connectivity index (χ3v) is 3.64. The second-order valence-corrected chi connectivity index (χ2v) is 5.11. The fourth-order valence-corrected chi connectivity index (χ4v) is 2.59. The minimum atomic E-state index is -0.654. The number of benzene rings is 1. The van der Waals surface area contributed by atoms with Crippen LogP contribution in [0.5, 0.6) is 5.75 Å². The minimum absolute atomic E-state index is 0.0368. The van der Waals surface area contributed by atoms with Crippen LogP contribution in [-0.4, -0.2) is 34.6 Å². The minimum Gasteiger partial charge on any atom is -0.507 e. The molecule has 7 heteroatoms. The van der Waals surface area contributed by atoms with E-state index < -0.39 is 11.2 Å². The molecule has 1 aromatic rings. The average molecular weight is 281 g/mol. The van der Waals surface area contributed by atoms with Crippen molar-refractivity contribution in [1.29, 1.82) is 0 Å². The summed E-state index contributed by atoms with van der Waals surface area (Å²) in [5, 5.41) is 10.9. The van der Waals surface area contributed by atoms with Crippen molar-refractivity contribution in [3.8, 4) is 5.75 Å². The first-order valence-corrected chi connectivity index (χ1v) is 6.31. The van der Waals surface area contributed by atoms with Gasteiger partial charge in [0.2, 0.25) is 5.91 Å². The first kappa shape index (κ1) is 13.4. The van der Waals surface area contributed by atoms with Crippen LogP contribution in [0.15, 0.2) is 18.2 Å². The summed E-state index contributed by atoms with van der Waals surface area (Å²) in [6, 6.07) is 4.41. The largest absolute Gasteiger partial charge is 0.507 e. The van der Waals surface area contributed by atoms with Gasteiger partial charge in [-0.25, -0.2) is 4.79 Å². The Morgan fingerprint density at radius 2 is 2.21 bits per heavy atom. The molecule has 2 N–H and O–H groups in total. The predicted octanol–water partition coefficient (Wildman–Crippen LogP) is 1.07. The van der Waals surface area contributed by atoms with Gasteiger partial charge in [-0.05, 0) is 24.1 Å². The van der Waals surface area contributed by atoms with Gasteiger partial charge in [-0.15, -0.1) is 0 Å². The lowest BCUT2D eigenvalue weighted by molar-refractivity contribution is -0.118. The summed E-state index contributed by atoms with van der Waals surface area (Å²) in [7, 11) is 1.22. The van der Waals surface area contributed by atoms with Gasteiger partial charge in [-0.2, -0.15) is 0 Å². The smallest absolute Gasteiger partial charge is 0.341 e. The molecule has 1 aliphatic rings. The molecule has 0 spiro atoms. The molecule has 2 rings (SSSR count). The monoisotopic (exact) mass is 281 g/mol. The van der Waals surface area contributed by atoms with Crippen LogP contribution in [0.1, 0.15) is 15.9 Å². The van der Waals surface area contributed by atoms with Crippen molar-refractivity contribution in [3.63, 3.8) is 0 Å². The number of esters is 1. The van der Waals surface area contributed by atoms with Gasteiger partial charge in [-0.3, -0.25) is 14.9 Å². The highest BCUT2D eigenvalue weighted by molar-refractivity contribution is 8.15. The van der Waals surface area contributed by atoms with E-state index in [1.54, 1.807) is 6.07 Å². The molecule has 1 atom stereocenters. The number of ether oxygens (including phenoxy) is 1. The molecule has 2 amide bonds. The van der Waals surface area contributed by atoms with Crippen LogP contribution in [0.25, 0.3) is 0 Å². The Kier molecular flexibility index (Phi) is 3.75. The quantitative estimate of drug-likeness (QED) is 0.805. The average Bonchev–Trinajstić information content (AvgIpc) is 2.69. The Hall–Kier alpha value is -2.02. The number of carbonyl (C=O) groups is 3. The molecule has 0 saturated carbocycles. The van der Waals surface area contributed by atoms with E-state index in [4.69, 9.17) is 0 Å². The molecular weight excluding hydrogens is 270 g/mol. The van der Waals surface area contributed by atoms with Crippen molar-refractivity contribution in [2.24, 2.45) is 0 Å². The second-order valence-electron chi connectivity index (χ2n) is 3.93. The van der Waals surface area contributed by atoms with Crippen LogP contribution >= 0.6 is 11.8 Å². The number of rotatable bonds is 3. The van der Waals surface area contributed by atoms with Crippen LogP contribution in [-0.2, 0) is 16.0 Å². The Labute approximate surface area is 113 Å². The fourth-order valence-electron chi connectivity index (χ4n) is 1.73. The van der Waals surface area contributed by atoms with Crippen LogP contribution in [0.4, 0.5) is 4.79 Å². The van der Waals surface area contributed by atoms with E-state index in [0.29, 0.717) is 12.0 Å². The van der Waals surface area contributed by atoms with Gasteiger partial charge in [-0.1, -0.05) is 17.8 Å². The maximum Gasteiger partial charge on any atom is 0.341 e. The van der Waals surface area contributed by atoms with E-state index in [-0.39, 0.29) is 22.5 Å². The lowest BCUT2D eigenvalue weighted by atomic mass is 10.0. The summed E-state index contributed by atoms with van der Waals surface area (Å²) in [4.78, 5) is 33.9. The summed E-state index contributed by atoms with van der Waals surface area (Å²) in [6.45, 7) is 0. The number of hydrogen-bond donors (Lipinski definition) is 2. The van der Waals surface area contributed by atoms with Gasteiger partial charge in [0, 0.05) is 0 Å². The summed E-state index contributed by atoms with van der Waals surface area (Å²) in [6.07, 6.45) is 0.298. The first-order valence-electron chi connectivity index (χ1n) is 5.43. The van der Waals surface area contributed by atoms with Crippen molar-refractivity contribution in [2.75, 3.05) is 7.11 Å². The number of phenols is 1. The van der Waals surface area contributed by atoms with E-state index in [9.17, 15) is 19.5 Å². The van der Waals surface area contributed by atoms with Gasteiger partial charge >= 0.3 is 5.97 Å². The number of thioether (sulfide) groups is 1. The van der Waals surface area contributed by atoms with E-state index in [0.717, 1.165) is 11.8 Å². The molecule has 1 unspecified atom stereocenters. The van der Waals surface area contributed by atoms with Gasteiger partial charge < -0.3 is 9.84 Å². The maximum absolute atomic E-state index is 11.4. The van der Waals surface area contributed by atoms with Crippen LogP contribution in [0.3, 0.4) is 0 Å². The third kappa shape index (κ3) is 2.87. The summed E-state index contributed by atoms with van der Waals surface area (Å²) in [5.41, 5.74) is 0.704. The third-order valence-electron chi connectivity index (χ3n) is 2.65. The van der Waals surface area contributed by atoms with E-state index in [2.05, 4.69) is 10.1 Å². The number of nitrogens with one attached hydrogen (secondary N) is 1. The van der Waals surface area contributed by atoms with E-state index in [1.165, 1.54) is 19.2 Å². The summed E-state index contributed by atoms with van der Waals surface area (Å²) < 4.78 is 4.54. The molecule has 1 aliphatic heterocycles. The number of imide groups is 1. The Morgan fingerprint density at radius 1 is 1.47 bits per heavy atom. The number of aromatic hydroxyl groups is 1. The zero-order chi connectivity index (χ0) is 14.0. The van der Waals surface area contributed by atoms with Crippen LogP contribution in [0.2, 0.25) is 0 Å². The highest BCUT2D eigenvalue weighted by Gasteiger charge is 2.31. The first-order chi connectivity index (χ1) is 9.01. The second kappa shape index (κ2) is 5.31. The van der Waals surface area contributed by atoms with E-state index in [1.807, 2.05) is 0 Å². The maximum atomic E-state index is 11.4. The summed E-state index contributed by atoms with van der Waals surface area (Å²) >= 11 is 0.914. The fraction of sp³-hybridized carbons (Fsp3) is 0.250. The van der Waals surface area contributed by atoms with Gasteiger partial charge in [0.15, 0.2) is 0 Å². The molecule has 6 nitrogen and oxygen atoms in total. The topological polar surface area (TPSA) is 92.7 Å². The molecular formula is C12H11NO5S. The molecule has 1 saturated heterocycles.